The van der Waals surface area contributed by atoms with Crippen molar-refractivity contribution >= 4 is 19.8 Å². The van der Waals surface area contributed by atoms with Crippen molar-refractivity contribution in [1.29, 1.82) is 0 Å². The summed E-state index contributed by atoms with van der Waals surface area (Å²) < 4.78 is 33.0. The predicted octanol–water partition coefficient (Wildman–Crippen LogP) is 21.5. The summed E-state index contributed by atoms with van der Waals surface area (Å²) in [5.74, 6) is -0.855. The summed E-state index contributed by atoms with van der Waals surface area (Å²) in [5.41, 5.74) is 5.38. The lowest BCUT2D eigenvalue weighted by atomic mass is 10.0. The minimum absolute atomic E-state index is 0.0464. The van der Waals surface area contributed by atoms with E-state index in [1.54, 1.807) is 0 Å². The van der Waals surface area contributed by atoms with Gasteiger partial charge in [-0.3, -0.25) is 18.6 Å². The number of carbonyl (C=O) groups excluding carboxylic acids is 2. The normalized spacial score (nSPS) is 13.3. The largest absolute Gasteiger partial charge is 0.472 e. The van der Waals surface area contributed by atoms with Gasteiger partial charge in [0.15, 0.2) is 6.10 Å². The molecule has 0 aromatic carbocycles. The van der Waals surface area contributed by atoms with Gasteiger partial charge < -0.3 is 20.1 Å². The quantitative estimate of drug-likeness (QED) is 0.0264. The molecule has 9 nitrogen and oxygen atoms in total. The molecule has 0 heterocycles. The van der Waals surface area contributed by atoms with Crippen molar-refractivity contribution < 1.29 is 37.6 Å². The van der Waals surface area contributed by atoms with Gasteiger partial charge >= 0.3 is 19.8 Å². The van der Waals surface area contributed by atoms with E-state index in [1.165, 1.54) is 225 Å². The summed E-state index contributed by atoms with van der Waals surface area (Å²) in [4.78, 5) is 35.2. The first-order chi connectivity index (χ1) is 38.3. The van der Waals surface area contributed by atoms with E-state index in [2.05, 4.69) is 74.6 Å². The van der Waals surface area contributed by atoms with Crippen LogP contribution in [0.15, 0.2) is 60.8 Å². The van der Waals surface area contributed by atoms with E-state index in [4.69, 9.17) is 24.3 Å². The molecule has 78 heavy (non-hydrogen) atoms. The Morgan fingerprint density at radius 1 is 0.397 bits per heavy atom. The van der Waals surface area contributed by atoms with Gasteiger partial charge in [-0.2, -0.15) is 0 Å². The molecule has 0 aromatic rings. The van der Waals surface area contributed by atoms with Gasteiger partial charge in [0.05, 0.1) is 13.2 Å². The summed E-state index contributed by atoms with van der Waals surface area (Å²) in [7, 11) is -4.40. The number of esters is 2. The van der Waals surface area contributed by atoms with Crippen LogP contribution >= 0.6 is 7.82 Å². The zero-order valence-corrected chi connectivity index (χ0v) is 52.1. The second-order valence-electron chi connectivity index (χ2n) is 22.3. The number of nitrogens with two attached hydrogens (primary N) is 1. The Labute approximate surface area is 482 Å². The summed E-state index contributed by atoms with van der Waals surface area (Å²) >= 11 is 0. The molecule has 0 saturated carbocycles. The van der Waals surface area contributed by atoms with Crippen LogP contribution in [0, 0.1) is 0 Å². The Kier molecular flexibility index (Phi) is 62.0. The molecule has 0 bridgehead atoms. The maximum atomic E-state index is 12.7. The maximum absolute atomic E-state index is 12.7. The number of phosphoric acid groups is 1. The first-order valence-electron chi connectivity index (χ1n) is 33.3. The van der Waals surface area contributed by atoms with Gasteiger partial charge in [0, 0.05) is 19.4 Å². The van der Waals surface area contributed by atoms with Crippen molar-refractivity contribution in [2.24, 2.45) is 5.73 Å². The summed E-state index contributed by atoms with van der Waals surface area (Å²) in [6, 6.07) is 0. The second-order valence-corrected chi connectivity index (χ2v) is 23.8. The van der Waals surface area contributed by atoms with Crippen molar-refractivity contribution in [3.8, 4) is 0 Å². The molecule has 0 saturated heterocycles. The van der Waals surface area contributed by atoms with E-state index >= 15 is 0 Å². The minimum Gasteiger partial charge on any atom is -0.462 e. The fourth-order valence-corrected chi connectivity index (χ4v) is 10.6. The predicted molar refractivity (Wildman–Crippen MR) is 335 cm³/mol. The van der Waals surface area contributed by atoms with E-state index in [0.717, 1.165) is 70.6 Å². The zero-order valence-electron chi connectivity index (χ0n) is 51.2. The van der Waals surface area contributed by atoms with Gasteiger partial charge in [0.25, 0.3) is 0 Å². The number of hydrogen-bond donors (Lipinski definition) is 2. The average Bonchev–Trinajstić information content (AvgIpc) is 3.43. The molecule has 0 fully saturated rings. The lowest BCUT2D eigenvalue weighted by Gasteiger charge is -2.19. The van der Waals surface area contributed by atoms with Crippen LogP contribution in [0.1, 0.15) is 328 Å². The molecule has 3 N–H and O–H groups in total. The lowest BCUT2D eigenvalue weighted by Crippen LogP contribution is -2.29. The Balaban J connectivity index is 3.79. The zero-order chi connectivity index (χ0) is 56.6. The van der Waals surface area contributed by atoms with Gasteiger partial charge in [-0.1, -0.05) is 319 Å². The molecule has 0 aromatic heterocycles. The SMILES string of the molecule is CC/C=C\C/C=C\C/C=C\C/C=C\C/C=C\CCCCCC(=O)OC(COC(=O)CCCCCCCCCCCCCCCCCCCCCCCCCCCCCCCCCCCCCCCC)COP(=O)(O)OCCN. The molecule has 0 spiro atoms. The van der Waals surface area contributed by atoms with Crippen molar-refractivity contribution in [2.75, 3.05) is 26.4 Å². The van der Waals surface area contributed by atoms with E-state index < -0.39 is 26.5 Å². The van der Waals surface area contributed by atoms with Crippen LogP contribution in [-0.4, -0.2) is 49.3 Å². The molecule has 2 atom stereocenters. The van der Waals surface area contributed by atoms with Gasteiger partial charge in [0.1, 0.15) is 6.61 Å². The Morgan fingerprint density at radius 2 is 0.705 bits per heavy atom. The first-order valence-corrected chi connectivity index (χ1v) is 34.8. The maximum Gasteiger partial charge on any atom is 0.472 e. The van der Waals surface area contributed by atoms with Crippen LogP contribution in [0.4, 0.5) is 0 Å². The Hall–Kier alpha value is -2.29. The minimum atomic E-state index is -4.40. The number of unbranched alkanes of at least 4 members (excludes halogenated alkanes) is 40. The molecule has 0 radical (unpaired) electrons. The third kappa shape index (κ3) is 62.9. The third-order valence-corrected chi connectivity index (χ3v) is 15.7. The average molecular weight is 1120 g/mol. The smallest absolute Gasteiger partial charge is 0.462 e. The Morgan fingerprint density at radius 3 is 1.05 bits per heavy atom. The van der Waals surface area contributed by atoms with Gasteiger partial charge in [-0.25, -0.2) is 4.57 Å². The van der Waals surface area contributed by atoms with Crippen LogP contribution in [-0.2, 0) is 32.7 Å². The highest BCUT2D eigenvalue weighted by molar-refractivity contribution is 7.47. The topological polar surface area (TPSA) is 134 Å². The second kappa shape index (κ2) is 63.9. The van der Waals surface area contributed by atoms with Crippen molar-refractivity contribution in [2.45, 2.75) is 335 Å². The van der Waals surface area contributed by atoms with Gasteiger partial charge in [-0.15, -0.1) is 0 Å². The van der Waals surface area contributed by atoms with Crippen molar-refractivity contribution in [3.63, 3.8) is 0 Å². The van der Waals surface area contributed by atoms with Crippen LogP contribution in [0.5, 0.6) is 0 Å². The van der Waals surface area contributed by atoms with Crippen LogP contribution < -0.4 is 5.73 Å². The molecule has 2 unspecified atom stereocenters. The first kappa shape index (κ1) is 75.7. The highest BCUT2D eigenvalue weighted by atomic mass is 31.2. The third-order valence-electron chi connectivity index (χ3n) is 14.7. The van der Waals surface area contributed by atoms with E-state index in [0.29, 0.717) is 6.42 Å². The number of carbonyl (C=O) groups is 2. The number of ether oxygens (including phenoxy) is 2. The summed E-state index contributed by atoms with van der Waals surface area (Å²) in [5, 5.41) is 0. The lowest BCUT2D eigenvalue weighted by molar-refractivity contribution is -0.161. The fourth-order valence-electron chi connectivity index (χ4n) is 9.79. The van der Waals surface area contributed by atoms with E-state index in [-0.39, 0.29) is 38.6 Å². The van der Waals surface area contributed by atoms with Crippen LogP contribution in [0.3, 0.4) is 0 Å². The number of phosphoric ester groups is 1. The molecular formula is C68H126NO8P. The van der Waals surface area contributed by atoms with Crippen LogP contribution in [0.25, 0.3) is 0 Å². The van der Waals surface area contributed by atoms with Crippen molar-refractivity contribution in [3.05, 3.63) is 60.8 Å². The van der Waals surface area contributed by atoms with Gasteiger partial charge in [-0.05, 0) is 57.8 Å². The molecule has 456 valence electrons. The number of rotatable bonds is 63. The van der Waals surface area contributed by atoms with Crippen LogP contribution in [0.2, 0.25) is 0 Å². The molecule has 0 aliphatic rings. The summed E-state index contributed by atoms with van der Waals surface area (Å²) in [6.07, 6.45) is 82.0. The highest BCUT2D eigenvalue weighted by Gasteiger charge is 2.26. The molecule has 0 aliphatic carbocycles. The standard InChI is InChI=1S/C68H126NO8P/c1-3-5-7-9-11-13-15-17-19-21-23-24-25-26-27-28-29-30-31-32-33-34-35-36-37-38-39-40-41-43-44-46-48-50-52-54-56-58-60-67(70)74-64-66(65-76-78(72,73)75-63-62-69)77-68(71)61-59-57-55-53-51-49-47-45-42-22-20-18-16-14-12-10-8-6-4-2/h6,8,12,14,18,20,42,45,49,51,66H,3-5,7,9-11,13,15-17,19,21-41,43-44,46-48,50,52-65,69H2,1-2H3,(H,72,73)/b8-6-,14-12-,20-18-,45-42-,51-49-. The number of allylic oxidation sites excluding steroid dienone is 10. The highest BCUT2D eigenvalue weighted by Crippen LogP contribution is 2.43. The molecule has 10 heteroatoms. The monoisotopic (exact) mass is 1120 g/mol. The Bertz CT molecular complexity index is 1460. The summed E-state index contributed by atoms with van der Waals surface area (Å²) in [6.45, 7) is 3.63. The molecule has 0 amide bonds. The number of hydrogen-bond acceptors (Lipinski definition) is 8. The van der Waals surface area contributed by atoms with E-state index in [1.807, 2.05) is 0 Å². The van der Waals surface area contributed by atoms with Crippen molar-refractivity contribution in [1.82, 2.24) is 0 Å². The molecule has 0 rings (SSSR count). The fraction of sp³-hybridized carbons (Fsp3) is 0.824. The molecule has 0 aliphatic heterocycles. The molecular weight excluding hydrogens is 990 g/mol. The van der Waals surface area contributed by atoms with Gasteiger partial charge in [0.2, 0.25) is 0 Å². The van der Waals surface area contributed by atoms with E-state index in [9.17, 15) is 19.0 Å².